The number of hydrogen-bond acceptors (Lipinski definition) is 3. The lowest BCUT2D eigenvalue weighted by Gasteiger charge is -2.33. The highest BCUT2D eigenvalue weighted by Crippen LogP contribution is 2.32. The van der Waals surface area contributed by atoms with Crippen LogP contribution in [0.5, 0.6) is 0 Å². The van der Waals surface area contributed by atoms with Crippen LogP contribution in [0.4, 0.5) is 0 Å². The maximum Gasteiger partial charge on any atom is 0.0947 e. The van der Waals surface area contributed by atoms with Gasteiger partial charge in [0.15, 0.2) is 0 Å². The van der Waals surface area contributed by atoms with Crippen molar-refractivity contribution in [2.45, 2.75) is 37.8 Å². The van der Waals surface area contributed by atoms with E-state index >= 15 is 0 Å². The second-order valence-electron chi connectivity index (χ2n) is 6.96. The largest absolute Gasteiger partial charge is 0.387 e. The summed E-state index contributed by atoms with van der Waals surface area (Å²) in [6.07, 6.45) is 4.32. The van der Waals surface area contributed by atoms with Gasteiger partial charge in [0.2, 0.25) is 0 Å². The molecule has 1 aliphatic heterocycles. The minimum absolute atomic E-state index is 0.263. The molecule has 21 heavy (non-hydrogen) atoms. The van der Waals surface area contributed by atoms with Crippen LogP contribution >= 0.6 is 0 Å². The minimum Gasteiger partial charge on any atom is -0.387 e. The number of likely N-dealkylation sites (tertiary alicyclic amines) is 1. The summed E-state index contributed by atoms with van der Waals surface area (Å²) >= 11 is 0. The number of benzene rings is 1. The molecule has 0 spiro atoms. The molecule has 0 amide bonds. The highest BCUT2D eigenvalue weighted by atomic mass is 16.3. The van der Waals surface area contributed by atoms with E-state index in [2.05, 4.69) is 48.2 Å². The number of aryl methyl sites for hydroxylation is 1. The van der Waals surface area contributed by atoms with Gasteiger partial charge in [0, 0.05) is 19.1 Å². The number of rotatable bonds is 3. The predicted molar refractivity (Wildman–Crippen MR) is 86.4 cm³/mol. The van der Waals surface area contributed by atoms with Crippen molar-refractivity contribution in [3.8, 4) is 0 Å². The molecule has 116 valence electrons. The van der Waals surface area contributed by atoms with E-state index in [-0.39, 0.29) is 12.1 Å². The molecular formula is C18H28N2O. The van der Waals surface area contributed by atoms with Crippen LogP contribution < -0.4 is 0 Å². The Labute approximate surface area is 128 Å². The van der Waals surface area contributed by atoms with Crippen molar-refractivity contribution in [2.24, 2.45) is 5.92 Å². The quantitative estimate of drug-likeness (QED) is 0.865. The van der Waals surface area contributed by atoms with E-state index < -0.39 is 0 Å². The van der Waals surface area contributed by atoms with Crippen LogP contribution in [0, 0.1) is 5.92 Å². The van der Waals surface area contributed by atoms with Crippen LogP contribution in [0.3, 0.4) is 0 Å². The molecule has 1 N–H and O–H groups in total. The molecule has 1 saturated heterocycles. The minimum atomic E-state index is -0.340. The first kappa shape index (κ1) is 15.0. The molecule has 1 aromatic carbocycles. The van der Waals surface area contributed by atoms with Gasteiger partial charge in [-0.1, -0.05) is 24.3 Å². The number of likely N-dealkylation sites (N-methyl/N-ethyl adjacent to an activating group) is 1. The Hall–Kier alpha value is -0.900. The SMILES string of the molecule is CN1CCC(CN(C)C2CCCc3ccccc3C2O)C1. The van der Waals surface area contributed by atoms with Gasteiger partial charge in [0.1, 0.15) is 0 Å². The van der Waals surface area contributed by atoms with E-state index in [1.807, 2.05) is 0 Å². The molecule has 2 aliphatic rings. The van der Waals surface area contributed by atoms with Crippen LogP contribution in [0.1, 0.15) is 36.5 Å². The summed E-state index contributed by atoms with van der Waals surface area (Å²) in [6.45, 7) is 3.52. The van der Waals surface area contributed by atoms with Gasteiger partial charge in [-0.25, -0.2) is 0 Å². The third-order valence-corrected chi connectivity index (χ3v) is 5.29. The van der Waals surface area contributed by atoms with Gasteiger partial charge < -0.3 is 14.9 Å². The van der Waals surface area contributed by atoms with Crippen molar-refractivity contribution >= 4 is 0 Å². The number of fused-ring (bicyclic) bond motifs is 1. The first-order valence-electron chi connectivity index (χ1n) is 8.30. The molecule has 1 fully saturated rings. The van der Waals surface area contributed by atoms with E-state index in [0.717, 1.165) is 30.9 Å². The van der Waals surface area contributed by atoms with E-state index in [9.17, 15) is 5.11 Å². The zero-order valence-corrected chi connectivity index (χ0v) is 13.3. The molecule has 3 nitrogen and oxygen atoms in total. The zero-order chi connectivity index (χ0) is 14.8. The molecular weight excluding hydrogens is 260 g/mol. The Balaban J connectivity index is 1.70. The summed E-state index contributed by atoms with van der Waals surface area (Å²) in [7, 11) is 4.40. The summed E-state index contributed by atoms with van der Waals surface area (Å²) in [5, 5.41) is 10.8. The number of nitrogens with zero attached hydrogens (tertiary/aromatic N) is 2. The van der Waals surface area contributed by atoms with Gasteiger partial charge in [-0.15, -0.1) is 0 Å². The molecule has 1 heterocycles. The zero-order valence-electron chi connectivity index (χ0n) is 13.3. The molecule has 1 aliphatic carbocycles. The van der Waals surface area contributed by atoms with Gasteiger partial charge in [-0.2, -0.15) is 0 Å². The highest BCUT2D eigenvalue weighted by Gasteiger charge is 2.31. The third-order valence-electron chi connectivity index (χ3n) is 5.29. The molecule has 3 atom stereocenters. The van der Waals surface area contributed by atoms with Crippen LogP contribution in [0.15, 0.2) is 24.3 Å². The van der Waals surface area contributed by atoms with Gasteiger partial charge in [0.05, 0.1) is 6.10 Å². The van der Waals surface area contributed by atoms with Crippen LogP contribution in [-0.4, -0.2) is 54.7 Å². The fraction of sp³-hybridized carbons (Fsp3) is 0.667. The average Bonchev–Trinajstić information content (AvgIpc) is 2.80. The normalized spacial score (nSPS) is 30.4. The first-order chi connectivity index (χ1) is 10.1. The second kappa shape index (κ2) is 6.47. The van der Waals surface area contributed by atoms with Crippen molar-refractivity contribution in [2.75, 3.05) is 33.7 Å². The monoisotopic (exact) mass is 288 g/mol. The lowest BCUT2D eigenvalue weighted by molar-refractivity contribution is 0.0518. The van der Waals surface area contributed by atoms with Crippen molar-refractivity contribution in [1.82, 2.24) is 9.80 Å². The Bertz CT molecular complexity index is 476. The van der Waals surface area contributed by atoms with Crippen LogP contribution in [0.25, 0.3) is 0 Å². The molecule has 3 unspecified atom stereocenters. The highest BCUT2D eigenvalue weighted by molar-refractivity contribution is 5.31. The Kier molecular flexibility index (Phi) is 4.63. The Morgan fingerprint density at radius 3 is 2.86 bits per heavy atom. The molecule has 0 radical (unpaired) electrons. The molecule has 3 rings (SSSR count). The first-order valence-corrected chi connectivity index (χ1v) is 8.30. The maximum absolute atomic E-state index is 10.8. The Morgan fingerprint density at radius 1 is 1.29 bits per heavy atom. The van der Waals surface area contributed by atoms with Crippen molar-refractivity contribution < 1.29 is 5.11 Å². The third kappa shape index (κ3) is 3.31. The lowest BCUT2D eigenvalue weighted by atomic mass is 9.97. The summed E-state index contributed by atoms with van der Waals surface area (Å²) in [5.41, 5.74) is 2.48. The number of aliphatic hydroxyl groups is 1. The molecule has 0 aromatic heterocycles. The van der Waals surface area contributed by atoms with Crippen molar-refractivity contribution in [3.63, 3.8) is 0 Å². The molecule has 1 aromatic rings. The molecule has 0 bridgehead atoms. The maximum atomic E-state index is 10.8. The van der Waals surface area contributed by atoms with Crippen molar-refractivity contribution in [1.29, 1.82) is 0 Å². The van der Waals surface area contributed by atoms with Crippen LogP contribution in [-0.2, 0) is 6.42 Å². The summed E-state index contributed by atoms with van der Waals surface area (Å²) in [4.78, 5) is 4.83. The van der Waals surface area contributed by atoms with Gasteiger partial charge in [0.25, 0.3) is 0 Å². The second-order valence-corrected chi connectivity index (χ2v) is 6.96. The predicted octanol–water partition coefficient (Wildman–Crippen LogP) is 2.31. The number of hydrogen-bond donors (Lipinski definition) is 1. The lowest BCUT2D eigenvalue weighted by Crippen LogP contribution is -2.40. The van der Waals surface area contributed by atoms with E-state index in [0.29, 0.717) is 0 Å². The number of aliphatic hydroxyl groups excluding tert-OH is 1. The van der Waals surface area contributed by atoms with Crippen LogP contribution in [0.2, 0.25) is 0 Å². The average molecular weight is 288 g/mol. The standard InChI is InChI=1S/C18H28N2O/c1-19-11-10-14(12-19)13-20(2)17-9-5-7-15-6-3-4-8-16(15)18(17)21/h3-4,6,8,14,17-18,21H,5,7,9-13H2,1-2H3. The van der Waals surface area contributed by atoms with E-state index in [1.54, 1.807) is 0 Å². The van der Waals surface area contributed by atoms with E-state index in [1.165, 1.54) is 31.5 Å². The molecule has 0 saturated carbocycles. The summed E-state index contributed by atoms with van der Waals surface area (Å²) in [6, 6.07) is 8.68. The topological polar surface area (TPSA) is 26.7 Å². The fourth-order valence-electron chi connectivity index (χ4n) is 4.10. The van der Waals surface area contributed by atoms with Gasteiger partial charge >= 0.3 is 0 Å². The van der Waals surface area contributed by atoms with Gasteiger partial charge in [-0.05, 0) is 63.4 Å². The molecule has 3 heteroatoms. The van der Waals surface area contributed by atoms with Crippen molar-refractivity contribution in [3.05, 3.63) is 35.4 Å². The van der Waals surface area contributed by atoms with Gasteiger partial charge in [-0.3, -0.25) is 0 Å². The Morgan fingerprint density at radius 2 is 2.10 bits per heavy atom. The summed E-state index contributed by atoms with van der Waals surface area (Å²) < 4.78 is 0. The smallest absolute Gasteiger partial charge is 0.0947 e. The summed E-state index contributed by atoms with van der Waals surface area (Å²) in [5.74, 6) is 0.755. The van der Waals surface area contributed by atoms with E-state index in [4.69, 9.17) is 0 Å². The fourth-order valence-corrected chi connectivity index (χ4v) is 4.10.